The van der Waals surface area contributed by atoms with Crippen LogP contribution in [-0.2, 0) is 10.2 Å². The van der Waals surface area contributed by atoms with Gasteiger partial charge in [-0.1, -0.05) is 20.8 Å². The van der Waals surface area contributed by atoms with Crippen molar-refractivity contribution >= 4 is 5.91 Å². The van der Waals surface area contributed by atoms with E-state index < -0.39 is 0 Å². The van der Waals surface area contributed by atoms with Crippen molar-refractivity contribution in [2.24, 2.45) is 11.7 Å². The normalized spacial score (nSPS) is 13.4. The molecule has 0 aliphatic rings. The number of H-pyrrole nitrogens is 1. The summed E-state index contributed by atoms with van der Waals surface area (Å²) in [6, 6.07) is 4.00. The van der Waals surface area contributed by atoms with Crippen molar-refractivity contribution in [3.05, 3.63) is 24.0 Å². The molecule has 4 heteroatoms. The Morgan fingerprint density at radius 1 is 1.59 bits per heavy atom. The highest BCUT2D eigenvalue weighted by molar-refractivity contribution is 5.76. The average molecular weight is 237 g/mol. The van der Waals surface area contributed by atoms with E-state index in [1.54, 1.807) is 0 Å². The van der Waals surface area contributed by atoms with E-state index in [9.17, 15) is 4.79 Å². The molecule has 1 rings (SSSR count). The summed E-state index contributed by atoms with van der Waals surface area (Å²) in [6.45, 7) is 7.36. The smallest absolute Gasteiger partial charge is 0.220 e. The molecule has 0 fully saturated rings. The van der Waals surface area contributed by atoms with E-state index in [1.165, 1.54) is 0 Å². The van der Waals surface area contributed by atoms with E-state index in [2.05, 4.69) is 24.1 Å². The van der Waals surface area contributed by atoms with Crippen LogP contribution in [0.15, 0.2) is 18.3 Å². The van der Waals surface area contributed by atoms with Crippen molar-refractivity contribution in [1.82, 2.24) is 10.3 Å². The summed E-state index contributed by atoms with van der Waals surface area (Å²) in [5.41, 5.74) is 6.55. The molecule has 0 aliphatic heterocycles. The summed E-state index contributed by atoms with van der Waals surface area (Å²) in [7, 11) is 0. The van der Waals surface area contributed by atoms with Crippen molar-refractivity contribution in [3.8, 4) is 0 Å². The number of aromatic nitrogens is 1. The lowest BCUT2D eigenvalue weighted by Gasteiger charge is -2.24. The molecule has 1 unspecified atom stereocenters. The molecule has 0 bridgehead atoms. The first-order valence-corrected chi connectivity index (χ1v) is 6.06. The largest absolute Gasteiger partial charge is 0.364 e. The lowest BCUT2D eigenvalue weighted by Crippen LogP contribution is -2.37. The standard InChI is InChI=1S/C13H23N3O/c1-10(8-14)7-12(17)16-9-13(2,3)11-5-4-6-15-11/h4-6,10,15H,7-9,14H2,1-3H3,(H,16,17). The van der Waals surface area contributed by atoms with Crippen LogP contribution in [0.3, 0.4) is 0 Å². The maximum Gasteiger partial charge on any atom is 0.220 e. The Morgan fingerprint density at radius 3 is 2.82 bits per heavy atom. The molecular weight excluding hydrogens is 214 g/mol. The lowest BCUT2D eigenvalue weighted by atomic mass is 9.89. The van der Waals surface area contributed by atoms with Gasteiger partial charge in [-0.3, -0.25) is 4.79 Å². The van der Waals surface area contributed by atoms with Crippen LogP contribution in [-0.4, -0.2) is 24.0 Å². The number of rotatable bonds is 6. The Kier molecular flexibility index (Phi) is 4.75. The first-order chi connectivity index (χ1) is 7.95. The molecule has 96 valence electrons. The van der Waals surface area contributed by atoms with Gasteiger partial charge in [-0.05, 0) is 24.6 Å². The van der Waals surface area contributed by atoms with Crippen molar-refractivity contribution in [1.29, 1.82) is 0 Å². The van der Waals surface area contributed by atoms with Crippen LogP contribution >= 0.6 is 0 Å². The Balaban J connectivity index is 2.42. The van der Waals surface area contributed by atoms with Crippen LogP contribution in [0.4, 0.5) is 0 Å². The SMILES string of the molecule is CC(CN)CC(=O)NCC(C)(C)c1ccc[nH]1. The van der Waals surface area contributed by atoms with Gasteiger partial charge in [0.2, 0.25) is 5.91 Å². The molecule has 4 N–H and O–H groups in total. The van der Waals surface area contributed by atoms with Gasteiger partial charge in [0.1, 0.15) is 0 Å². The summed E-state index contributed by atoms with van der Waals surface area (Å²) >= 11 is 0. The maximum absolute atomic E-state index is 11.7. The van der Waals surface area contributed by atoms with Gasteiger partial charge in [-0.2, -0.15) is 0 Å². The van der Waals surface area contributed by atoms with Gasteiger partial charge in [-0.15, -0.1) is 0 Å². The Bertz CT molecular complexity index is 344. The summed E-state index contributed by atoms with van der Waals surface area (Å²) in [6.07, 6.45) is 2.40. The highest BCUT2D eigenvalue weighted by atomic mass is 16.1. The van der Waals surface area contributed by atoms with Gasteiger partial charge in [-0.25, -0.2) is 0 Å². The van der Waals surface area contributed by atoms with Crippen LogP contribution < -0.4 is 11.1 Å². The molecule has 1 aromatic heterocycles. The van der Waals surface area contributed by atoms with Gasteiger partial charge in [0.25, 0.3) is 0 Å². The maximum atomic E-state index is 11.7. The van der Waals surface area contributed by atoms with Crippen LogP contribution in [0.2, 0.25) is 0 Å². The van der Waals surface area contributed by atoms with Gasteiger partial charge >= 0.3 is 0 Å². The van der Waals surface area contributed by atoms with Gasteiger partial charge in [0, 0.05) is 30.3 Å². The van der Waals surface area contributed by atoms with Crippen LogP contribution in [0, 0.1) is 5.92 Å². The number of carbonyl (C=O) groups is 1. The van der Waals surface area contributed by atoms with Crippen molar-refractivity contribution in [2.75, 3.05) is 13.1 Å². The molecule has 0 spiro atoms. The Labute approximate surface area is 103 Å². The van der Waals surface area contributed by atoms with Crippen LogP contribution in [0.25, 0.3) is 0 Å². The Hall–Kier alpha value is -1.29. The molecule has 4 nitrogen and oxygen atoms in total. The topological polar surface area (TPSA) is 70.9 Å². The highest BCUT2D eigenvalue weighted by Gasteiger charge is 2.22. The van der Waals surface area contributed by atoms with E-state index in [1.807, 2.05) is 25.3 Å². The fourth-order valence-electron chi connectivity index (χ4n) is 1.64. The fourth-order valence-corrected chi connectivity index (χ4v) is 1.64. The minimum Gasteiger partial charge on any atom is -0.364 e. The van der Waals surface area contributed by atoms with E-state index >= 15 is 0 Å². The molecule has 0 saturated carbocycles. The average Bonchev–Trinajstić information content (AvgIpc) is 2.80. The summed E-state index contributed by atoms with van der Waals surface area (Å²) in [5, 5.41) is 2.96. The molecule has 1 atom stereocenters. The second kappa shape index (κ2) is 5.87. The quantitative estimate of drug-likeness (QED) is 0.699. The third-order valence-corrected chi connectivity index (χ3v) is 2.99. The Morgan fingerprint density at radius 2 is 2.29 bits per heavy atom. The summed E-state index contributed by atoms with van der Waals surface area (Å²) in [5.74, 6) is 0.311. The zero-order valence-corrected chi connectivity index (χ0v) is 10.9. The lowest BCUT2D eigenvalue weighted by molar-refractivity contribution is -0.122. The van der Waals surface area contributed by atoms with Gasteiger partial charge in [0.15, 0.2) is 0 Å². The number of hydrogen-bond donors (Lipinski definition) is 3. The minimum absolute atomic E-state index is 0.0718. The number of aromatic amines is 1. The summed E-state index contributed by atoms with van der Waals surface area (Å²) in [4.78, 5) is 14.8. The number of hydrogen-bond acceptors (Lipinski definition) is 2. The van der Waals surface area contributed by atoms with Crippen molar-refractivity contribution < 1.29 is 4.79 Å². The highest BCUT2D eigenvalue weighted by Crippen LogP contribution is 2.20. The first kappa shape index (κ1) is 13.8. The van der Waals surface area contributed by atoms with Crippen LogP contribution in [0.5, 0.6) is 0 Å². The first-order valence-electron chi connectivity index (χ1n) is 6.06. The number of carbonyl (C=O) groups excluding carboxylic acids is 1. The van der Waals surface area contributed by atoms with Gasteiger partial charge < -0.3 is 16.0 Å². The second-order valence-corrected chi connectivity index (χ2v) is 5.29. The number of nitrogens with two attached hydrogens (primary N) is 1. The zero-order chi connectivity index (χ0) is 12.9. The van der Waals surface area contributed by atoms with E-state index in [0.717, 1.165) is 5.69 Å². The minimum atomic E-state index is -0.0783. The number of nitrogens with one attached hydrogen (secondary N) is 2. The number of amides is 1. The van der Waals surface area contributed by atoms with Crippen molar-refractivity contribution in [3.63, 3.8) is 0 Å². The van der Waals surface area contributed by atoms with E-state index in [4.69, 9.17) is 5.73 Å². The predicted octanol–water partition coefficient (Wildman–Crippen LogP) is 1.39. The van der Waals surface area contributed by atoms with E-state index in [-0.39, 0.29) is 17.2 Å². The molecule has 0 radical (unpaired) electrons. The molecule has 0 aromatic carbocycles. The molecule has 17 heavy (non-hydrogen) atoms. The van der Waals surface area contributed by atoms with Crippen LogP contribution in [0.1, 0.15) is 32.9 Å². The third kappa shape index (κ3) is 4.23. The second-order valence-electron chi connectivity index (χ2n) is 5.29. The zero-order valence-electron chi connectivity index (χ0n) is 10.9. The molecule has 0 saturated heterocycles. The molecule has 0 aliphatic carbocycles. The monoisotopic (exact) mass is 237 g/mol. The molecule has 1 aromatic rings. The molecule has 1 heterocycles. The molecular formula is C13H23N3O. The predicted molar refractivity (Wildman–Crippen MR) is 69.7 cm³/mol. The van der Waals surface area contributed by atoms with E-state index in [0.29, 0.717) is 19.5 Å². The summed E-state index contributed by atoms with van der Waals surface area (Å²) < 4.78 is 0. The third-order valence-electron chi connectivity index (χ3n) is 2.99. The van der Waals surface area contributed by atoms with Gasteiger partial charge in [0.05, 0.1) is 0 Å². The fraction of sp³-hybridized carbons (Fsp3) is 0.615. The molecule has 1 amide bonds. The van der Waals surface area contributed by atoms with Crippen molar-refractivity contribution in [2.45, 2.75) is 32.6 Å².